The van der Waals surface area contributed by atoms with Gasteiger partial charge in [-0.25, -0.2) is 0 Å². The Morgan fingerprint density at radius 3 is 2.82 bits per heavy atom. The average Bonchev–Trinajstić information content (AvgIpc) is 2.06. The summed E-state index contributed by atoms with van der Waals surface area (Å²) in [6.07, 6.45) is 0.754. The summed E-state index contributed by atoms with van der Waals surface area (Å²) in [5.41, 5.74) is 6.43. The van der Waals surface area contributed by atoms with Gasteiger partial charge in [-0.1, -0.05) is 18.2 Å². The molecule has 0 saturated carbocycles. The molecule has 1 aromatic carbocycles. The maximum absolute atomic E-state index is 5.30. The van der Waals surface area contributed by atoms with E-state index in [1.807, 2.05) is 24.3 Å². The van der Waals surface area contributed by atoms with Gasteiger partial charge in [0.25, 0.3) is 0 Å². The van der Waals surface area contributed by atoms with Gasteiger partial charge in [0.05, 0.1) is 7.11 Å². The Bertz CT molecular complexity index is 223. The fourth-order valence-electron chi connectivity index (χ4n) is 0.999. The van der Waals surface area contributed by atoms with E-state index in [1.54, 1.807) is 13.7 Å². The first kappa shape index (κ1) is 8.08. The molecule has 2 heteroatoms. The molecule has 0 atom stereocenters. The summed E-state index contributed by atoms with van der Waals surface area (Å²) in [6.45, 7) is 1.62. The molecular formula is C9H12NO. The average molecular weight is 150 g/mol. The molecule has 0 bridgehead atoms. The van der Waals surface area contributed by atoms with Crippen molar-refractivity contribution in [2.75, 3.05) is 7.11 Å². The quantitative estimate of drug-likeness (QED) is 0.706. The summed E-state index contributed by atoms with van der Waals surface area (Å²) in [5, 5.41) is 0. The lowest BCUT2D eigenvalue weighted by atomic mass is 10.1. The highest BCUT2D eigenvalue weighted by Gasteiger charge is 1.98. The van der Waals surface area contributed by atoms with Crippen LogP contribution in [-0.2, 0) is 6.42 Å². The van der Waals surface area contributed by atoms with E-state index < -0.39 is 0 Å². The van der Waals surface area contributed by atoms with Gasteiger partial charge in [0.2, 0.25) is 0 Å². The Morgan fingerprint density at radius 2 is 2.18 bits per heavy atom. The van der Waals surface area contributed by atoms with Crippen LogP contribution in [0, 0.1) is 6.54 Å². The molecule has 0 saturated heterocycles. The zero-order valence-electron chi connectivity index (χ0n) is 6.58. The molecule has 0 amide bonds. The topological polar surface area (TPSA) is 35.2 Å². The van der Waals surface area contributed by atoms with E-state index in [4.69, 9.17) is 10.5 Å². The second kappa shape index (κ2) is 3.98. The highest BCUT2D eigenvalue weighted by Crippen LogP contribution is 2.17. The van der Waals surface area contributed by atoms with Crippen molar-refractivity contribution < 1.29 is 4.74 Å². The Balaban J connectivity index is 2.83. The lowest BCUT2D eigenvalue weighted by Gasteiger charge is -2.05. The van der Waals surface area contributed by atoms with E-state index in [9.17, 15) is 0 Å². The molecule has 0 aromatic heterocycles. The molecule has 11 heavy (non-hydrogen) atoms. The van der Waals surface area contributed by atoms with Crippen molar-refractivity contribution in [3.8, 4) is 5.75 Å². The van der Waals surface area contributed by atoms with Gasteiger partial charge in [-0.2, -0.15) is 0 Å². The van der Waals surface area contributed by atoms with E-state index in [1.165, 1.54) is 0 Å². The van der Waals surface area contributed by atoms with E-state index >= 15 is 0 Å². The van der Waals surface area contributed by atoms with Crippen molar-refractivity contribution in [2.24, 2.45) is 5.73 Å². The van der Waals surface area contributed by atoms with Crippen molar-refractivity contribution in [3.63, 3.8) is 0 Å². The molecule has 2 N–H and O–H groups in total. The van der Waals surface area contributed by atoms with Gasteiger partial charge in [0, 0.05) is 6.54 Å². The van der Waals surface area contributed by atoms with Gasteiger partial charge in [-0.05, 0) is 18.1 Å². The third-order valence-corrected chi connectivity index (χ3v) is 1.53. The van der Waals surface area contributed by atoms with Crippen molar-refractivity contribution in [1.82, 2.24) is 0 Å². The third kappa shape index (κ3) is 1.95. The Kier molecular flexibility index (Phi) is 2.93. The smallest absolute Gasteiger partial charge is 0.122 e. The van der Waals surface area contributed by atoms with Crippen LogP contribution in [0.1, 0.15) is 5.56 Å². The summed E-state index contributed by atoms with van der Waals surface area (Å²) < 4.78 is 5.12. The zero-order chi connectivity index (χ0) is 8.10. The predicted molar refractivity (Wildman–Crippen MR) is 45.2 cm³/mol. The molecule has 0 heterocycles. The van der Waals surface area contributed by atoms with Gasteiger partial charge in [-0.15, -0.1) is 0 Å². The van der Waals surface area contributed by atoms with Crippen LogP contribution in [-0.4, -0.2) is 7.11 Å². The number of methoxy groups -OCH3 is 1. The molecule has 1 radical (unpaired) electrons. The first-order valence-corrected chi connectivity index (χ1v) is 3.53. The first-order chi connectivity index (χ1) is 5.38. The SMILES string of the molecule is COc1ccccc1C[CH]N. The van der Waals surface area contributed by atoms with Gasteiger partial charge in [0.1, 0.15) is 5.75 Å². The van der Waals surface area contributed by atoms with Crippen LogP contribution in [0.5, 0.6) is 5.75 Å². The summed E-state index contributed by atoms with van der Waals surface area (Å²) in [4.78, 5) is 0. The second-order valence-electron chi connectivity index (χ2n) is 2.25. The summed E-state index contributed by atoms with van der Waals surface area (Å²) in [7, 11) is 1.66. The Morgan fingerprint density at radius 1 is 1.45 bits per heavy atom. The minimum absolute atomic E-state index is 0.754. The summed E-state index contributed by atoms with van der Waals surface area (Å²) >= 11 is 0. The molecular weight excluding hydrogens is 138 g/mol. The normalized spacial score (nSPS) is 9.64. The maximum atomic E-state index is 5.30. The fourth-order valence-corrected chi connectivity index (χ4v) is 0.999. The zero-order valence-corrected chi connectivity index (χ0v) is 6.58. The molecule has 0 aliphatic heterocycles. The van der Waals surface area contributed by atoms with E-state index in [0.29, 0.717) is 0 Å². The number of benzene rings is 1. The van der Waals surface area contributed by atoms with Crippen molar-refractivity contribution in [2.45, 2.75) is 6.42 Å². The van der Waals surface area contributed by atoms with Crippen LogP contribution in [0.15, 0.2) is 24.3 Å². The van der Waals surface area contributed by atoms with E-state index in [2.05, 4.69) is 0 Å². The fraction of sp³-hybridized carbons (Fsp3) is 0.222. The predicted octanol–water partition coefficient (Wildman–Crippen LogP) is 1.36. The highest BCUT2D eigenvalue weighted by atomic mass is 16.5. The molecule has 0 fully saturated rings. The van der Waals surface area contributed by atoms with Crippen molar-refractivity contribution in [3.05, 3.63) is 36.4 Å². The number of rotatable bonds is 3. The summed E-state index contributed by atoms with van der Waals surface area (Å²) in [5.74, 6) is 0.897. The van der Waals surface area contributed by atoms with Gasteiger partial charge in [-0.3, -0.25) is 0 Å². The van der Waals surface area contributed by atoms with Crippen LogP contribution in [0.4, 0.5) is 0 Å². The van der Waals surface area contributed by atoms with Gasteiger partial charge >= 0.3 is 0 Å². The van der Waals surface area contributed by atoms with Crippen LogP contribution in [0.2, 0.25) is 0 Å². The molecule has 0 aliphatic carbocycles. The third-order valence-electron chi connectivity index (χ3n) is 1.53. The molecule has 1 aromatic rings. The number of ether oxygens (including phenoxy) is 1. The van der Waals surface area contributed by atoms with Gasteiger partial charge in [0.15, 0.2) is 0 Å². The molecule has 0 spiro atoms. The van der Waals surface area contributed by atoms with E-state index in [-0.39, 0.29) is 0 Å². The van der Waals surface area contributed by atoms with Crippen LogP contribution < -0.4 is 10.5 Å². The van der Waals surface area contributed by atoms with Crippen LogP contribution in [0.25, 0.3) is 0 Å². The molecule has 0 unspecified atom stereocenters. The minimum atomic E-state index is 0.754. The lowest BCUT2D eigenvalue weighted by molar-refractivity contribution is 0.410. The standard InChI is InChI=1S/C9H12NO/c1-11-9-5-3-2-4-8(9)6-7-10/h2-5,7H,6,10H2,1H3. The highest BCUT2D eigenvalue weighted by molar-refractivity contribution is 5.33. The number of hydrogen-bond acceptors (Lipinski definition) is 2. The number of para-hydroxylation sites is 1. The Labute approximate surface area is 67.0 Å². The van der Waals surface area contributed by atoms with Crippen LogP contribution >= 0.6 is 0 Å². The largest absolute Gasteiger partial charge is 0.496 e. The molecule has 0 aliphatic rings. The van der Waals surface area contributed by atoms with Gasteiger partial charge < -0.3 is 10.5 Å². The summed E-state index contributed by atoms with van der Waals surface area (Å²) in [6, 6.07) is 7.85. The molecule has 2 nitrogen and oxygen atoms in total. The first-order valence-electron chi connectivity index (χ1n) is 3.53. The van der Waals surface area contributed by atoms with Crippen molar-refractivity contribution >= 4 is 0 Å². The molecule has 59 valence electrons. The molecule has 1 rings (SSSR count). The second-order valence-corrected chi connectivity index (χ2v) is 2.25. The van der Waals surface area contributed by atoms with Crippen LogP contribution in [0.3, 0.4) is 0 Å². The van der Waals surface area contributed by atoms with Crippen molar-refractivity contribution in [1.29, 1.82) is 0 Å². The number of hydrogen-bond donors (Lipinski definition) is 1. The number of nitrogens with two attached hydrogens (primary N) is 1. The minimum Gasteiger partial charge on any atom is -0.496 e. The maximum Gasteiger partial charge on any atom is 0.122 e. The monoisotopic (exact) mass is 150 g/mol. The van der Waals surface area contributed by atoms with E-state index in [0.717, 1.165) is 17.7 Å². The Hall–Kier alpha value is -1.02. The lowest BCUT2D eigenvalue weighted by Crippen LogP contribution is -1.97.